The van der Waals surface area contributed by atoms with Gasteiger partial charge in [-0.05, 0) is 12.1 Å². The third-order valence-corrected chi connectivity index (χ3v) is 3.04. The number of quaternary nitrogens is 1. The van der Waals surface area contributed by atoms with Gasteiger partial charge in [0.1, 0.15) is 5.69 Å². The van der Waals surface area contributed by atoms with Crippen LogP contribution in [0.25, 0.3) is 0 Å². The van der Waals surface area contributed by atoms with E-state index in [9.17, 15) is 5.21 Å². The summed E-state index contributed by atoms with van der Waals surface area (Å²) in [7, 11) is 0. The second kappa shape index (κ2) is 3.36. The number of anilines is 1. The number of nitrogens with one attached hydrogen (secondary N) is 1. The average molecular weight is 258 g/mol. The fraction of sp³-hybridized carbons (Fsp3) is 0. The van der Waals surface area contributed by atoms with E-state index in [4.69, 9.17) is 28.0 Å². The van der Waals surface area contributed by atoms with Crippen LogP contribution in [0.1, 0.15) is 0 Å². The fourth-order valence-electron chi connectivity index (χ4n) is 1.59. The number of nitrogens with zero attached hydrogens (tertiary/aromatic N) is 2. The van der Waals surface area contributed by atoms with Crippen molar-refractivity contribution in [3.8, 4) is 0 Å². The van der Waals surface area contributed by atoms with Crippen molar-refractivity contribution in [3.63, 3.8) is 0 Å². The number of aliphatic imine (C=N–C) groups is 1. The Morgan fingerprint density at radius 2 is 2.06 bits per heavy atom. The highest BCUT2D eigenvalue weighted by molar-refractivity contribution is 6.42. The first-order chi connectivity index (χ1) is 7.66. The number of rotatable bonds is 0. The van der Waals surface area contributed by atoms with Gasteiger partial charge in [0.25, 0.3) is 0 Å². The summed E-state index contributed by atoms with van der Waals surface area (Å²) in [6.45, 7) is 0. The first kappa shape index (κ1) is 9.92. The maximum Gasteiger partial charge on any atom is 0.189 e. The van der Waals surface area contributed by atoms with Gasteiger partial charge >= 0.3 is 0 Å². The molecule has 1 atom stereocenters. The second-order valence-corrected chi connectivity index (χ2v) is 4.09. The van der Waals surface area contributed by atoms with Gasteiger partial charge in [0.15, 0.2) is 12.0 Å². The molecule has 0 fully saturated rings. The van der Waals surface area contributed by atoms with Gasteiger partial charge in [-0.3, -0.25) is 9.83 Å². The van der Waals surface area contributed by atoms with Crippen LogP contribution in [0.5, 0.6) is 0 Å². The number of halogens is 2. The minimum atomic E-state index is -0.471. The Hall–Kier alpha value is -1.27. The summed E-state index contributed by atoms with van der Waals surface area (Å²) in [4.78, 5) is 8.95. The van der Waals surface area contributed by atoms with Crippen LogP contribution in [0.3, 0.4) is 0 Å². The zero-order valence-corrected chi connectivity index (χ0v) is 9.29. The van der Waals surface area contributed by atoms with E-state index in [0.29, 0.717) is 27.1 Å². The first-order valence-corrected chi connectivity index (χ1v) is 5.16. The summed E-state index contributed by atoms with van der Waals surface area (Å²) in [5.74, 6) is 0. The van der Waals surface area contributed by atoms with Gasteiger partial charge in [-0.15, -0.1) is 5.01 Å². The van der Waals surface area contributed by atoms with Crippen LogP contribution >= 0.6 is 23.2 Å². The first-order valence-electron chi connectivity index (χ1n) is 4.41. The van der Waals surface area contributed by atoms with Gasteiger partial charge in [-0.25, -0.2) is 0 Å². The Morgan fingerprint density at radius 3 is 2.88 bits per heavy atom. The molecule has 0 saturated heterocycles. The molecule has 0 radical (unpaired) electrons. The van der Waals surface area contributed by atoms with Gasteiger partial charge < -0.3 is 5.21 Å². The summed E-state index contributed by atoms with van der Waals surface area (Å²) >= 11 is 11.8. The molecule has 3 rings (SSSR count). The lowest BCUT2D eigenvalue weighted by molar-refractivity contribution is -1.04. The van der Waals surface area contributed by atoms with Crippen molar-refractivity contribution >= 4 is 40.8 Å². The molecule has 0 amide bonds. The molecule has 2 heterocycles. The van der Waals surface area contributed by atoms with Crippen molar-refractivity contribution in [1.82, 2.24) is 0 Å². The molecule has 2 aliphatic heterocycles. The molecular formula is C9H5Cl2N3O2. The molecular weight excluding hydrogens is 253 g/mol. The van der Waals surface area contributed by atoms with Crippen molar-refractivity contribution in [2.75, 3.05) is 5.01 Å². The largest absolute Gasteiger partial charge is 0.564 e. The van der Waals surface area contributed by atoms with Crippen molar-refractivity contribution in [1.29, 1.82) is 0 Å². The predicted octanol–water partition coefficient (Wildman–Crippen LogP) is 1.60. The van der Waals surface area contributed by atoms with Crippen LogP contribution in [-0.4, -0.2) is 6.21 Å². The van der Waals surface area contributed by atoms with E-state index >= 15 is 0 Å². The lowest BCUT2D eigenvalue weighted by atomic mass is 10.2. The van der Waals surface area contributed by atoms with E-state index in [1.807, 2.05) is 0 Å². The SMILES string of the molecule is [O-][NH+]1OC=C2C=Nc3cc(Cl)c(Cl)cc3N21. The van der Waals surface area contributed by atoms with Crippen LogP contribution in [0, 0.1) is 5.21 Å². The van der Waals surface area contributed by atoms with Crippen LogP contribution in [0.4, 0.5) is 11.4 Å². The minimum Gasteiger partial charge on any atom is -0.564 e. The van der Waals surface area contributed by atoms with Crippen molar-refractivity contribution in [2.45, 2.75) is 0 Å². The molecule has 0 spiro atoms. The number of benzene rings is 1. The summed E-state index contributed by atoms with van der Waals surface area (Å²) in [5, 5.41) is 13.2. The standard InChI is InChI=1S/C9H5Cl2N3O2/c10-6-1-8-9(2-7(6)11)13-5(3-12-8)4-16-14(13)15/h1-4,14H. The lowest BCUT2D eigenvalue weighted by Gasteiger charge is -2.28. The van der Waals surface area contributed by atoms with Crippen molar-refractivity contribution in [3.05, 3.63) is 39.3 Å². The zero-order chi connectivity index (χ0) is 11.3. The topological polar surface area (TPSA) is 52.3 Å². The van der Waals surface area contributed by atoms with Gasteiger partial charge in [0.2, 0.25) is 0 Å². The molecule has 5 nitrogen and oxygen atoms in total. The molecule has 0 aromatic heterocycles. The maximum absolute atomic E-state index is 11.5. The van der Waals surface area contributed by atoms with E-state index in [2.05, 4.69) is 4.99 Å². The Labute approximate surface area is 101 Å². The van der Waals surface area contributed by atoms with Crippen molar-refractivity contribution in [2.24, 2.45) is 4.99 Å². The minimum absolute atomic E-state index is 0.372. The molecule has 1 aromatic rings. The van der Waals surface area contributed by atoms with Gasteiger partial charge in [-0.2, -0.15) is 0 Å². The number of hydrogen-bond donors (Lipinski definition) is 1. The average Bonchev–Trinajstić information content (AvgIpc) is 2.63. The van der Waals surface area contributed by atoms with E-state index in [0.717, 1.165) is 0 Å². The number of hydrogen-bond acceptors (Lipinski definition) is 4. The molecule has 16 heavy (non-hydrogen) atoms. The fourth-order valence-corrected chi connectivity index (χ4v) is 1.91. The highest BCUT2D eigenvalue weighted by Gasteiger charge is 2.31. The van der Waals surface area contributed by atoms with E-state index in [-0.39, 0.29) is 0 Å². The summed E-state index contributed by atoms with van der Waals surface area (Å²) in [5.41, 5.74) is 1.74. The summed E-state index contributed by atoms with van der Waals surface area (Å²) in [6, 6.07) is 3.20. The molecule has 0 saturated carbocycles. The Bertz CT molecular complexity index is 530. The normalized spacial score (nSPS) is 21.3. The molecule has 1 aromatic carbocycles. The molecule has 1 unspecified atom stereocenters. The Kier molecular flexibility index (Phi) is 2.08. The molecule has 1 N–H and O–H groups in total. The third kappa shape index (κ3) is 1.30. The van der Waals surface area contributed by atoms with E-state index in [1.165, 1.54) is 17.5 Å². The Morgan fingerprint density at radius 1 is 1.31 bits per heavy atom. The molecule has 0 bridgehead atoms. The Balaban J connectivity index is 2.20. The maximum atomic E-state index is 11.5. The highest BCUT2D eigenvalue weighted by Crippen LogP contribution is 2.39. The molecule has 7 heteroatoms. The van der Waals surface area contributed by atoms with Crippen LogP contribution in [0.15, 0.2) is 29.1 Å². The van der Waals surface area contributed by atoms with Crippen LogP contribution in [0.2, 0.25) is 10.0 Å². The smallest absolute Gasteiger partial charge is 0.189 e. The summed E-state index contributed by atoms with van der Waals surface area (Å²) in [6.07, 6.45) is 2.88. The molecule has 0 aliphatic carbocycles. The number of allylic oxidation sites excluding steroid dienone is 1. The lowest BCUT2D eigenvalue weighted by Crippen LogP contribution is -3.11. The zero-order valence-electron chi connectivity index (χ0n) is 7.78. The van der Waals surface area contributed by atoms with Gasteiger partial charge in [-0.1, -0.05) is 28.5 Å². The number of fused-ring (bicyclic) bond motifs is 3. The predicted molar refractivity (Wildman–Crippen MR) is 60.6 cm³/mol. The molecule has 82 valence electrons. The quantitative estimate of drug-likeness (QED) is 0.719. The van der Waals surface area contributed by atoms with Gasteiger partial charge in [0.05, 0.1) is 21.9 Å². The van der Waals surface area contributed by atoms with Crippen LogP contribution in [-0.2, 0) is 4.84 Å². The van der Waals surface area contributed by atoms with Crippen molar-refractivity contribution < 1.29 is 10.2 Å². The van der Waals surface area contributed by atoms with E-state index < -0.39 is 5.34 Å². The van der Waals surface area contributed by atoms with Crippen LogP contribution < -0.4 is 10.3 Å². The van der Waals surface area contributed by atoms with Gasteiger partial charge in [0, 0.05) is 0 Å². The summed E-state index contributed by atoms with van der Waals surface area (Å²) < 4.78 is 0. The monoisotopic (exact) mass is 257 g/mol. The highest BCUT2D eigenvalue weighted by atomic mass is 35.5. The molecule has 2 aliphatic rings. The van der Waals surface area contributed by atoms with E-state index in [1.54, 1.807) is 12.1 Å². The third-order valence-electron chi connectivity index (χ3n) is 2.32. The second-order valence-electron chi connectivity index (χ2n) is 3.28.